The second-order valence-corrected chi connectivity index (χ2v) is 7.65. The van der Waals surface area contributed by atoms with Crippen molar-refractivity contribution in [1.82, 2.24) is 14.5 Å². The second-order valence-electron chi connectivity index (χ2n) is 6.89. The van der Waals surface area contributed by atoms with Crippen LogP contribution in [0.25, 0.3) is 10.4 Å². The molecule has 0 amide bonds. The number of aromatic nitrogens is 2. The van der Waals surface area contributed by atoms with Gasteiger partial charge in [0.25, 0.3) is 0 Å². The summed E-state index contributed by atoms with van der Waals surface area (Å²) in [6.07, 6.45) is 0. The first-order valence-electron chi connectivity index (χ1n) is 9.44. The first kappa shape index (κ1) is 19.6. The van der Waals surface area contributed by atoms with Crippen molar-refractivity contribution in [2.45, 2.75) is 6.54 Å². The first-order valence-corrected chi connectivity index (χ1v) is 10.2. The van der Waals surface area contributed by atoms with Crippen LogP contribution in [0, 0.1) is 5.82 Å². The third-order valence-corrected chi connectivity index (χ3v) is 5.91. The number of hydrogen-bond donors (Lipinski definition) is 0. The van der Waals surface area contributed by atoms with E-state index in [4.69, 9.17) is 9.47 Å². The number of nitrogens with zero attached hydrogens (tertiary/aromatic N) is 4. The molecule has 8 heteroatoms. The van der Waals surface area contributed by atoms with Crippen molar-refractivity contribution < 1.29 is 13.9 Å². The lowest BCUT2D eigenvalue weighted by molar-refractivity contribution is 0.247. The van der Waals surface area contributed by atoms with Gasteiger partial charge in [-0.05, 0) is 29.2 Å². The summed E-state index contributed by atoms with van der Waals surface area (Å²) in [6.45, 7) is 4.29. The van der Waals surface area contributed by atoms with Gasteiger partial charge in [-0.3, -0.25) is 4.90 Å². The summed E-state index contributed by atoms with van der Waals surface area (Å²) in [4.78, 5) is 5.62. The first-order chi connectivity index (χ1) is 14.2. The number of methoxy groups -OCH3 is 2. The third kappa shape index (κ3) is 4.49. The van der Waals surface area contributed by atoms with Crippen LogP contribution in [0.5, 0.6) is 11.5 Å². The van der Waals surface area contributed by atoms with Crippen LogP contribution < -0.4 is 14.4 Å². The Morgan fingerprint density at radius 3 is 2.38 bits per heavy atom. The number of ether oxygens (including phenoxy) is 2. The SMILES string of the molecule is COc1cc(OC)cc(N2CCN(Cc3nnsc3-c3cccc(F)c3)CC2)c1. The summed E-state index contributed by atoms with van der Waals surface area (Å²) >= 11 is 1.31. The van der Waals surface area contributed by atoms with Gasteiger partial charge in [0.15, 0.2) is 0 Å². The van der Waals surface area contributed by atoms with Crippen LogP contribution in [-0.4, -0.2) is 54.9 Å². The van der Waals surface area contributed by atoms with Gasteiger partial charge in [0.1, 0.15) is 17.3 Å². The van der Waals surface area contributed by atoms with Gasteiger partial charge in [-0.15, -0.1) is 5.10 Å². The van der Waals surface area contributed by atoms with Gasteiger partial charge >= 0.3 is 0 Å². The van der Waals surface area contributed by atoms with Gasteiger partial charge in [0.2, 0.25) is 0 Å². The van der Waals surface area contributed by atoms with E-state index in [1.165, 1.54) is 23.7 Å². The highest BCUT2D eigenvalue weighted by Crippen LogP contribution is 2.30. The van der Waals surface area contributed by atoms with Crippen molar-refractivity contribution in [3.63, 3.8) is 0 Å². The van der Waals surface area contributed by atoms with E-state index in [1.807, 2.05) is 24.3 Å². The zero-order chi connectivity index (χ0) is 20.2. The highest BCUT2D eigenvalue weighted by molar-refractivity contribution is 7.09. The summed E-state index contributed by atoms with van der Waals surface area (Å²) in [7, 11) is 3.32. The van der Waals surface area contributed by atoms with E-state index in [-0.39, 0.29) is 5.82 Å². The van der Waals surface area contributed by atoms with E-state index in [9.17, 15) is 4.39 Å². The second kappa shape index (κ2) is 8.75. The van der Waals surface area contributed by atoms with Crippen LogP contribution in [0.3, 0.4) is 0 Å². The fourth-order valence-corrected chi connectivity index (χ4v) is 4.18. The van der Waals surface area contributed by atoms with Crippen LogP contribution in [0.2, 0.25) is 0 Å². The molecule has 1 aliphatic rings. The quantitative estimate of drug-likeness (QED) is 0.613. The lowest BCUT2D eigenvalue weighted by Gasteiger charge is -2.36. The molecule has 0 atom stereocenters. The number of hydrogen-bond acceptors (Lipinski definition) is 7. The summed E-state index contributed by atoms with van der Waals surface area (Å²) in [6, 6.07) is 12.5. The number of anilines is 1. The molecule has 3 aromatic rings. The van der Waals surface area contributed by atoms with Crippen molar-refractivity contribution in [3.05, 3.63) is 54.0 Å². The Morgan fingerprint density at radius 1 is 1.00 bits per heavy atom. The third-order valence-electron chi connectivity index (χ3n) is 5.09. The van der Waals surface area contributed by atoms with E-state index in [0.29, 0.717) is 6.54 Å². The molecule has 2 aromatic carbocycles. The highest BCUT2D eigenvalue weighted by atomic mass is 32.1. The molecule has 1 aromatic heterocycles. The minimum atomic E-state index is -0.246. The molecule has 6 nitrogen and oxygen atoms in total. The lowest BCUT2D eigenvalue weighted by Crippen LogP contribution is -2.46. The van der Waals surface area contributed by atoms with Crippen LogP contribution in [0.15, 0.2) is 42.5 Å². The molecule has 0 bridgehead atoms. The molecular formula is C21H23FN4O2S. The molecule has 0 unspecified atom stereocenters. The summed E-state index contributed by atoms with van der Waals surface area (Å²) in [5.41, 5.74) is 2.82. The molecule has 29 heavy (non-hydrogen) atoms. The molecule has 0 aliphatic carbocycles. The van der Waals surface area contributed by atoms with Crippen LogP contribution >= 0.6 is 11.5 Å². The van der Waals surface area contributed by atoms with Crippen molar-refractivity contribution in [2.75, 3.05) is 45.3 Å². The molecule has 4 rings (SSSR count). The highest BCUT2D eigenvalue weighted by Gasteiger charge is 2.21. The fourth-order valence-electron chi connectivity index (χ4n) is 3.51. The monoisotopic (exact) mass is 414 g/mol. The number of benzene rings is 2. The van der Waals surface area contributed by atoms with Gasteiger partial charge in [0.05, 0.1) is 24.8 Å². The summed E-state index contributed by atoms with van der Waals surface area (Å²) < 4.78 is 28.5. The van der Waals surface area contributed by atoms with E-state index in [2.05, 4.69) is 19.4 Å². The standard InChI is InChI=1S/C21H23FN4O2S/c1-27-18-11-17(12-19(13-18)28-2)26-8-6-25(7-9-26)14-20-21(29-24-23-20)15-4-3-5-16(22)10-15/h3-5,10-13H,6-9,14H2,1-2H3. The van der Waals surface area contributed by atoms with Gasteiger partial charge < -0.3 is 14.4 Å². The van der Waals surface area contributed by atoms with Crippen LogP contribution in [-0.2, 0) is 6.54 Å². The smallest absolute Gasteiger partial charge is 0.124 e. The molecule has 152 valence electrons. The number of rotatable bonds is 6. The summed E-state index contributed by atoms with van der Waals surface area (Å²) in [5, 5.41) is 4.30. The number of piperazine rings is 1. The molecule has 0 saturated carbocycles. The Kier molecular flexibility index (Phi) is 5.92. The normalized spacial score (nSPS) is 14.8. The Hall–Kier alpha value is -2.71. The largest absolute Gasteiger partial charge is 0.497 e. The average molecular weight is 415 g/mol. The molecule has 0 N–H and O–H groups in total. The van der Waals surface area contributed by atoms with Crippen molar-refractivity contribution >= 4 is 17.2 Å². The Labute approximate surface area is 173 Å². The predicted molar refractivity (Wildman–Crippen MR) is 112 cm³/mol. The molecule has 1 aliphatic heterocycles. The van der Waals surface area contributed by atoms with Crippen molar-refractivity contribution in [3.8, 4) is 21.9 Å². The van der Waals surface area contributed by atoms with Crippen LogP contribution in [0.4, 0.5) is 10.1 Å². The zero-order valence-electron chi connectivity index (χ0n) is 16.5. The predicted octanol–water partition coefficient (Wildman–Crippen LogP) is 3.68. The molecule has 2 heterocycles. The Morgan fingerprint density at radius 2 is 1.72 bits per heavy atom. The van der Waals surface area contributed by atoms with E-state index < -0.39 is 0 Å². The lowest BCUT2D eigenvalue weighted by atomic mass is 10.1. The van der Waals surface area contributed by atoms with Crippen LogP contribution in [0.1, 0.15) is 5.69 Å². The minimum absolute atomic E-state index is 0.246. The maximum atomic E-state index is 13.6. The fraction of sp³-hybridized carbons (Fsp3) is 0.333. The minimum Gasteiger partial charge on any atom is -0.497 e. The molecule has 0 spiro atoms. The molecule has 0 radical (unpaired) electrons. The number of halogens is 1. The average Bonchev–Trinajstić information content (AvgIpc) is 3.22. The van der Waals surface area contributed by atoms with E-state index in [0.717, 1.165) is 59.5 Å². The van der Waals surface area contributed by atoms with Gasteiger partial charge in [-0.1, -0.05) is 16.6 Å². The Bertz CT molecular complexity index is 951. The molecular weight excluding hydrogens is 391 g/mol. The Balaban J connectivity index is 1.42. The van der Waals surface area contributed by atoms with Gasteiger partial charge in [-0.2, -0.15) is 0 Å². The maximum absolute atomic E-state index is 13.6. The van der Waals surface area contributed by atoms with Crippen molar-refractivity contribution in [2.24, 2.45) is 0 Å². The molecule has 1 fully saturated rings. The van der Waals surface area contributed by atoms with Gasteiger partial charge in [0, 0.05) is 56.6 Å². The molecule has 1 saturated heterocycles. The topological polar surface area (TPSA) is 50.7 Å². The van der Waals surface area contributed by atoms with E-state index >= 15 is 0 Å². The van der Waals surface area contributed by atoms with Gasteiger partial charge in [-0.25, -0.2) is 4.39 Å². The zero-order valence-corrected chi connectivity index (χ0v) is 17.3. The summed E-state index contributed by atoms with van der Waals surface area (Å²) in [5.74, 6) is 1.33. The van der Waals surface area contributed by atoms with E-state index in [1.54, 1.807) is 20.3 Å². The maximum Gasteiger partial charge on any atom is 0.124 e. The van der Waals surface area contributed by atoms with Crippen molar-refractivity contribution in [1.29, 1.82) is 0 Å².